The number of ether oxygens (including phenoxy) is 1. The Balaban J connectivity index is 1.38. The van der Waals surface area contributed by atoms with Gasteiger partial charge in [-0.3, -0.25) is 9.59 Å². The number of fused-ring (bicyclic) bond motifs is 1. The Morgan fingerprint density at radius 2 is 2.10 bits per heavy atom. The van der Waals surface area contributed by atoms with E-state index >= 15 is 0 Å². The summed E-state index contributed by atoms with van der Waals surface area (Å²) in [6.45, 7) is 2.15. The maximum Gasteiger partial charge on any atom is 0.276 e. The van der Waals surface area contributed by atoms with Gasteiger partial charge in [-0.2, -0.15) is 0 Å². The van der Waals surface area contributed by atoms with Crippen LogP contribution >= 0.6 is 11.3 Å². The third-order valence-electron chi connectivity index (χ3n) is 6.04. The van der Waals surface area contributed by atoms with Gasteiger partial charge in [-0.15, -0.1) is 11.3 Å². The Morgan fingerprint density at radius 1 is 1.26 bits per heavy atom. The summed E-state index contributed by atoms with van der Waals surface area (Å²) in [5.41, 5.74) is 1.43. The molecule has 0 bridgehead atoms. The van der Waals surface area contributed by atoms with Crippen molar-refractivity contribution in [3.05, 3.63) is 52.2 Å². The molecule has 1 atom stereocenters. The zero-order chi connectivity index (χ0) is 21.4. The number of methoxy groups -OCH3 is 1. The summed E-state index contributed by atoms with van der Waals surface area (Å²) in [4.78, 5) is 28.5. The Kier molecular flexibility index (Phi) is 5.50. The molecule has 1 aliphatic carbocycles. The summed E-state index contributed by atoms with van der Waals surface area (Å²) in [6, 6.07) is 9.89. The molecule has 1 aliphatic heterocycles. The fourth-order valence-electron chi connectivity index (χ4n) is 4.28. The van der Waals surface area contributed by atoms with Gasteiger partial charge in [0.1, 0.15) is 5.76 Å². The van der Waals surface area contributed by atoms with Gasteiger partial charge in [-0.1, -0.05) is 23.4 Å². The molecular weight excluding hydrogens is 414 g/mol. The van der Waals surface area contributed by atoms with Crippen molar-refractivity contribution >= 4 is 33.2 Å². The van der Waals surface area contributed by atoms with E-state index in [0.717, 1.165) is 45.5 Å². The molecule has 1 aromatic carbocycles. The minimum Gasteiger partial charge on any atom is -0.383 e. The molecule has 0 unspecified atom stereocenters. The van der Waals surface area contributed by atoms with Crippen molar-refractivity contribution in [2.45, 2.75) is 31.1 Å². The van der Waals surface area contributed by atoms with Crippen molar-refractivity contribution in [2.75, 3.05) is 33.4 Å². The van der Waals surface area contributed by atoms with E-state index in [0.29, 0.717) is 37.9 Å². The third-order valence-corrected chi connectivity index (χ3v) is 7.23. The van der Waals surface area contributed by atoms with Gasteiger partial charge in [0.05, 0.1) is 11.5 Å². The molecule has 1 saturated heterocycles. The van der Waals surface area contributed by atoms with Gasteiger partial charge in [0.2, 0.25) is 0 Å². The van der Waals surface area contributed by atoms with Crippen molar-refractivity contribution < 1.29 is 18.8 Å². The first kappa shape index (κ1) is 20.2. The van der Waals surface area contributed by atoms with E-state index in [1.54, 1.807) is 13.2 Å². The summed E-state index contributed by atoms with van der Waals surface area (Å²) < 4.78 is 11.5. The van der Waals surface area contributed by atoms with Gasteiger partial charge in [-0.05, 0) is 36.3 Å². The second-order valence-corrected chi connectivity index (χ2v) is 9.27. The fraction of sp³-hybridized carbons (Fsp3) is 0.435. The van der Waals surface area contributed by atoms with Crippen LogP contribution in [0, 0.1) is 0 Å². The molecule has 0 spiro atoms. The van der Waals surface area contributed by atoms with Crippen molar-refractivity contribution in [1.29, 1.82) is 0 Å². The average Bonchev–Trinajstić information content (AvgIpc) is 3.19. The molecule has 7 nitrogen and oxygen atoms in total. The lowest BCUT2D eigenvalue weighted by atomic mass is 9.95. The molecule has 8 heteroatoms. The smallest absolute Gasteiger partial charge is 0.276 e. The van der Waals surface area contributed by atoms with E-state index < -0.39 is 0 Å². The summed E-state index contributed by atoms with van der Waals surface area (Å²) in [5, 5.41) is 8.05. The summed E-state index contributed by atoms with van der Waals surface area (Å²) in [7, 11) is 1.61. The number of aromatic nitrogens is 1. The standard InChI is InChI=1S/C23H25N3O4S/c1-29-11-9-24-22(27)21-20(16-4-2-3-5-19(16)31-21)15-8-10-26(13-15)23(28)17-12-18(30-25-17)14-6-7-14/h2-5,12,14-15H,6-11,13H2,1H3,(H,24,27)/t15-/m0/s1. The van der Waals surface area contributed by atoms with Gasteiger partial charge in [-0.25, -0.2) is 0 Å². The van der Waals surface area contributed by atoms with E-state index in [4.69, 9.17) is 9.26 Å². The molecule has 162 valence electrons. The average molecular weight is 440 g/mol. The number of nitrogens with zero attached hydrogens (tertiary/aromatic N) is 2. The molecule has 1 N–H and O–H groups in total. The van der Waals surface area contributed by atoms with E-state index in [1.807, 2.05) is 23.1 Å². The highest BCUT2D eigenvalue weighted by atomic mass is 32.1. The Hall–Kier alpha value is -2.71. The van der Waals surface area contributed by atoms with Crippen molar-refractivity contribution in [3.63, 3.8) is 0 Å². The Morgan fingerprint density at radius 3 is 2.90 bits per heavy atom. The number of hydrogen-bond acceptors (Lipinski definition) is 6. The highest BCUT2D eigenvalue weighted by Crippen LogP contribution is 2.42. The quantitative estimate of drug-likeness (QED) is 0.567. The zero-order valence-corrected chi connectivity index (χ0v) is 18.2. The minimum atomic E-state index is -0.0937. The van der Waals surface area contributed by atoms with Crippen LogP contribution in [-0.4, -0.2) is 55.2 Å². The van der Waals surface area contributed by atoms with Crippen LogP contribution in [0.3, 0.4) is 0 Å². The number of rotatable bonds is 7. The lowest BCUT2D eigenvalue weighted by Gasteiger charge is -2.16. The number of carbonyl (C=O) groups is 2. The lowest BCUT2D eigenvalue weighted by molar-refractivity contribution is 0.0780. The third kappa shape index (κ3) is 3.97. The molecule has 3 aromatic rings. The van der Waals surface area contributed by atoms with Crippen LogP contribution in [0.2, 0.25) is 0 Å². The summed E-state index contributed by atoms with van der Waals surface area (Å²) in [5.74, 6) is 1.18. The van der Waals surface area contributed by atoms with Gasteiger partial charge in [0.15, 0.2) is 5.69 Å². The first-order chi connectivity index (χ1) is 15.2. The zero-order valence-electron chi connectivity index (χ0n) is 17.4. The van der Waals surface area contributed by atoms with Crippen LogP contribution in [0.15, 0.2) is 34.9 Å². The molecule has 0 radical (unpaired) electrons. The van der Waals surface area contributed by atoms with Crippen LogP contribution in [-0.2, 0) is 4.74 Å². The normalized spacial score (nSPS) is 18.6. The Bertz CT molecular complexity index is 1120. The van der Waals surface area contributed by atoms with E-state index in [9.17, 15) is 9.59 Å². The molecule has 3 heterocycles. The molecule has 2 amide bonds. The molecule has 31 heavy (non-hydrogen) atoms. The predicted molar refractivity (Wildman–Crippen MR) is 118 cm³/mol. The first-order valence-corrected chi connectivity index (χ1v) is 11.5. The largest absolute Gasteiger partial charge is 0.383 e. The number of benzene rings is 1. The first-order valence-electron chi connectivity index (χ1n) is 10.7. The number of likely N-dealkylation sites (tertiary alicyclic amines) is 1. The molecule has 2 aliphatic rings. The maximum atomic E-state index is 13.0. The summed E-state index contributed by atoms with van der Waals surface area (Å²) in [6.07, 6.45) is 3.03. The van der Waals surface area contributed by atoms with E-state index in [2.05, 4.69) is 16.5 Å². The van der Waals surface area contributed by atoms with E-state index in [1.165, 1.54) is 11.3 Å². The van der Waals surface area contributed by atoms with Crippen LogP contribution < -0.4 is 5.32 Å². The van der Waals surface area contributed by atoms with Crippen LogP contribution in [0.5, 0.6) is 0 Å². The van der Waals surface area contributed by atoms with Crippen molar-refractivity contribution in [2.24, 2.45) is 0 Å². The number of hydrogen-bond donors (Lipinski definition) is 1. The molecule has 2 aromatic heterocycles. The fourth-order valence-corrected chi connectivity index (χ4v) is 5.48. The van der Waals surface area contributed by atoms with Crippen LogP contribution in [0.1, 0.15) is 62.6 Å². The number of amides is 2. The van der Waals surface area contributed by atoms with E-state index in [-0.39, 0.29) is 17.7 Å². The van der Waals surface area contributed by atoms with Gasteiger partial charge in [0.25, 0.3) is 11.8 Å². The molecular formula is C23H25N3O4S. The lowest BCUT2D eigenvalue weighted by Crippen LogP contribution is -2.29. The number of nitrogens with one attached hydrogen (secondary N) is 1. The SMILES string of the molecule is COCCNC(=O)c1sc2ccccc2c1[C@H]1CCN(C(=O)c2cc(C3CC3)on2)C1. The summed E-state index contributed by atoms with van der Waals surface area (Å²) >= 11 is 1.51. The van der Waals surface area contributed by atoms with Crippen LogP contribution in [0.4, 0.5) is 0 Å². The van der Waals surface area contributed by atoms with Crippen LogP contribution in [0.25, 0.3) is 10.1 Å². The molecule has 5 rings (SSSR count). The maximum absolute atomic E-state index is 13.0. The highest BCUT2D eigenvalue weighted by molar-refractivity contribution is 7.21. The number of thiophene rings is 1. The Labute approximate surface area is 184 Å². The van der Waals surface area contributed by atoms with Gasteiger partial charge < -0.3 is 19.5 Å². The molecule has 2 fully saturated rings. The van der Waals surface area contributed by atoms with Gasteiger partial charge >= 0.3 is 0 Å². The second kappa shape index (κ2) is 8.43. The second-order valence-electron chi connectivity index (χ2n) is 8.22. The van der Waals surface area contributed by atoms with Crippen molar-refractivity contribution in [1.82, 2.24) is 15.4 Å². The molecule has 1 saturated carbocycles. The van der Waals surface area contributed by atoms with Gasteiger partial charge in [0, 0.05) is 49.3 Å². The minimum absolute atomic E-state index is 0.0800. The monoisotopic (exact) mass is 439 g/mol. The highest BCUT2D eigenvalue weighted by Gasteiger charge is 2.35. The number of carbonyl (C=O) groups excluding carboxylic acids is 2. The topological polar surface area (TPSA) is 84.7 Å². The van der Waals surface area contributed by atoms with Crippen molar-refractivity contribution in [3.8, 4) is 0 Å². The predicted octanol–water partition coefficient (Wildman–Crippen LogP) is 3.77.